The van der Waals surface area contributed by atoms with E-state index in [1.54, 1.807) is 6.92 Å². The largest absolute Gasteiger partial charge is 0.465 e. The van der Waals surface area contributed by atoms with E-state index >= 15 is 0 Å². The number of tetrazole rings is 1. The summed E-state index contributed by atoms with van der Waals surface area (Å²) in [6.07, 6.45) is 5.22. The molecule has 1 fully saturated rings. The first-order valence-electron chi connectivity index (χ1n) is 12.2. The number of nitrogens with one attached hydrogen (secondary N) is 1. The van der Waals surface area contributed by atoms with Crippen LogP contribution in [0.3, 0.4) is 0 Å². The highest BCUT2D eigenvalue weighted by Crippen LogP contribution is 2.33. The van der Waals surface area contributed by atoms with Crippen LogP contribution in [0.4, 0.5) is 0 Å². The average Bonchev–Trinajstić information content (AvgIpc) is 3.47. The second-order valence-corrected chi connectivity index (χ2v) is 9.20. The number of aromatic amines is 1. The summed E-state index contributed by atoms with van der Waals surface area (Å²) in [7, 11) is 0. The number of H-pyrrole nitrogens is 1. The molecule has 1 aliphatic rings. The summed E-state index contributed by atoms with van der Waals surface area (Å²) in [5.41, 5.74) is 3.80. The molecule has 2 aromatic heterocycles. The lowest BCUT2D eigenvalue weighted by molar-refractivity contribution is -0.144. The molecule has 3 aromatic rings. The fourth-order valence-electron chi connectivity index (χ4n) is 5.22. The maximum Gasteiger partial charge on any atom is 0.327 e. The average molecular weight is 467 g/mol. The lowest BCUT2D eigenvalue weighted by Crippen LogP contribution is -2.39. The number of aryl methyl sites for hydroxylation is 2. The van der Waals surface area contributed by atoms with Gasteiger partial charge in [0.15, 0.2) is 5.82 Å². The molecule has 0 spiro atoms. The molecule has 0 aliphatic heterocycles. The van der Waals surface area contributed by atoms with E-state index < -0.39 is 0 Å². The Hall–Kier alpha value is -3.07. The van der Waals surface area contributed by atoms with E-state index in [-0.39, 0.29) is 24.1 Å². The smallest absolute Gasteiger partial charge is 0.327 e. The number of nitrogens with zero attached hydrogens (tertiary/aromatic N) is 5. The van der Waals surface area contributed by atoms with E-state index in [4.69, 9.17) is 4.74 Å². The predicted octanol–water partition coefficient (Wildman–Crippen LogP) is 3.59. The summed E-state index contributed by atoms with van der Waals surface area (Å²) < 4.78 is 6.63. The standard InChI is InChI=1S/C25H34N6O3/c1-5-22(24-27-28-29-31(24)15-23(32)34-6-2)30(19-9-7-8-10-19)14-18-13-20-17(4)11-16(3)12-21(20)26-25(18)33/h11-13,19,22H,5-10,14-15H2,1-4H3,(H,26,33)/t22-/m1/s1. The Kier molecular flexibility index (Phi) is 7.41. The van der Waals surface area contributed by atoms with Crippen LogP contribution in [0.5, 0.6) is 0 Å². The first-order valence-corrected chi connectivity index (χ1v) is 12.2. The van der Waals surface area contributed by atoms with Crippen molar-refractivity contribution in [3.8, 4) is 0 Å². The van der Waals surface area contributed by atoms with Crippen molar-refractivity contribution in [3.05, 3.63) is 51.1 Å². The highest BCUT2D eigenvalue weighted by molar-refractivity contribution is 5.83. The molecule has 4 rings (SSSR count). The highest BCUT2D eigenvalue weighted by Gasteiger charge is 2.33. The molecule has 9 heteroatoms. The Labute approximate surface area is 199 Å². The van der Waals surface area contributed by atoms with Gasteiger partial charge in [-0.1, -0.05) is 25.8 Å². The highest BCUT2D eigenvalue weighted by atomic mass is 16.5. The second kappa shape index (κ2) is 10.5. The summed E-state index contributed by atoms with van der Waals surface area (Å²) in [5, 5.41) is 13.3. The van der Waals surface area contributed by atoms with Crippen LogP contribution in [0.15, 0.2) is 23.0 Å². The molecule has 1 N–H and O–H groups in total. The van der Waals surface area contributed by atoms with Gasteiger partial charge < -0.3 is 9.72 Å². The van der Waals surface area contributed by atoms with E-state index in [9.17, 15) is 9.59 Å². The monoisotopic (exact) mass is 466 g/mol. The Morgan fingerprint density at radius 1 is 1.24 bits per heavy atom. The van der Waals surface area contributed by atoms with Crippen molar-refractivity contribution >= 4 is 16.9 Å². The summed E-state index contributed by atoms with van der Waals surface area (Å²) in [6.45, 7) is 8.75. The van der Waals surface area contributed by atoms with Gasteiger partial charge in [-0.15, -0.1) is 5.10 Å². The fraction of sp³-hybridized carbons (Fsp3) is 0.560. The molecule has 0 amide bonds. The molecule has 0 unspecified atom stereocenters. The van der Waals surface area contributed by atoms with Crippen LogP contribution >= 0.6 is 0 Å². The minimum Gasteiger partial charge on any atom is -0.465 e. The van der Waals surface area contributed by atoms with Crippen molar-refractivity contribution in [2.75, 3.05) is 6.61 Å². The third-order valence-electron chi connectivity index (χ3n) is 6.77. The molecule has 1 aliphatic carbocycles. The van der Waals surface area contributed by atoms with E-state index in [2.05, 4.69) is 45.3 Å². The van der Waals surface area contributed by atoms with Gasteiger partial charge in [0.25, 0.3) is 5.56 Å². The molecular formula is C25H34N6O3. The first-order chi connectivity index (χ1) is 16.4. The quantitative estimate of drug-likeness (QED) is 0.480. The van der Waals surface area contributed by atoms with Crippen molar-refractivity contribution in [1.82, 2.24) is 30.1 Å². The number of benzene rings is 1. The summed E-state index contributed by atoms with van der Waals surface area (Å²) >= 11 is 0. The lowest BCUT2D eigenvalue weighted by Gasteiger charge is -2.35. The molecule has 1 atom stereocenters. The van der Waals surface area contributed by atoms with Crippen molar-refractivity contribution in [3.63, 3.8) is 0 Å². The van der Waals surface area contributed by atoms with Gasteiger partial charge in [-0.3, -0.25) is 14.5 Å². The summed E-state index contributed by atoms with van der Waals surface area (Å²) in [6, 6.07) is 6.38. The molecule has 1 saturated carbocycles. The molecule has 0 radical (unpaired) electrons. The normalized spacial score (nSPS) is 15.3. The third kappa shape index (κ3) is 5.04. The number of hydrogen-bond donors (Lipinski definition) is 1. The van der Waals surface area contributed by atoms with Gasteiger partial charge in [-0.05, 0) is 73.7 Å². The number of esters is 1. The summed E-state index contributed by atoms with van der Waals surface area (Å²) in [5.74, 6) is 0.265. The number of ether oxygens (including phenoxy) is 1. The van der Waals surface area contributed by atoms with Crippen LogP contribution in [-0.4, -0.2) is 48.7 Å². The molecule has 1 aromatic carbocycles. The number of carbonyl (C=O) groups excluding carboxylic acids is 1. The van der Waals surface area contributed by atoms with Crippen LogP contribution in [-0.2, 0) is 22.6 Å². The molecule has 0 saturated heterocycles. The van der Waals surface area contributed by atoms with E-state index in [1.165, 1.54) is 4.68 Å². The minimum absolute atomic E-state index is 0.0275. The van der Waals surface area contributed by atoms with Gasteiger partial charge in [-0.2, -0.15) is 0 Å². The second-order valence-electron chi connectivity index (χ2n) is 9.20. The molecule has 9 nitrogen and oxygen atoms in total. The summed E-state index contributed by atoms with van der Waals surface area (Å²) in [4.78, 5) is 30.7. The number of hydrogen-bond acceptors (Lipinski definition) is 7. The van der Waals surface area contributed by atoms with Crippen molar-refractivity contribution < 1.29 is 9.53 Å². The molecule has 0 bridgehead atoms. The van der Waals surface area contributed by atoms with Crippen LogP contribution in [0.1, 0.15) is 74.5 Å². The zero-order chi connectivity index (χ0) is 24.2. The van der Waals surface area contributed by atoms with Gasteiger partial charge in [-0.25, -0.2) is 4.68 Å². The number of pyridine rings is 1. The Morgan fingerprint density at radius 3 is 2.71 bits per heavy atom. The number of rotatable bonds is 9. The van der Waals surface area contributed by atoms with Gasteiger partial charge in [0.2, 0.25) is 0 Å². The lowest BCUT2D eigenvalue weighted by atomic mass is 10.0. The zero-order valence-electron chi connectivity index (χ0n) is 20.5. The molecular weight excluding hydrogens is 432 g/mol. The first kappa shape index (κ1) is 24.1. The van der Waals surface area contributed by atoms with Crippen LogP contribution in [0, 0.1) is 13.8 Å². The predicted molar refractivity (Wildman–Crippen MR) is 129 cm³/mol. The number of fused-ring (bicyclic) bond motifs is 1. The number of carbonyl (C=O) groups is 1. The van der Waals surface area contributed by atoms with E-state index in [1.807, 2.05) is 19.1 Å². The fourth-order valence-corrected chi connectivity index (χ4v) is 5.22. The minimum atomic E-state index is -0.366. The Balaban J connectivity index is 1.71. The molecule has 2 heterocycles. The SMILES string of the molecule is CCOC(=O)Cn1nnnc1[C@@H](CC)N(Cc1cc2c(C)cc(C)cc2[nH]c1=O)C1CCCC1. The molecule has 182 valence electrons. The van der Waals surface area contributed by atoms with Crippen molar-refractivity contribution in [2.24, 2.45) is 0 Å². The van der Waals surface area contributed by atoms with Gasteiger partial charge >= 0.3 is 5.97 Å². The van der Waals surface area contributed by atoms with Crippen LogP contribution in [0.2, 0.25) is 0 Å². The number of aromatic nitrogens is 5. The Bertz CT molecular complexity index is 1210. The van der Waals surface area contributed by atoms with Gasteiger partial charge in [0.05, 0.1) is 12.6 Å². The topological polar surface area (TPSA) is 106 Å². The van der Waals surface area contributed by atoms with Gasteiger partial charge in [0.1, 0.15) is 6.54 Å². The Morgan fingerprint density at radius 2 is 2.00 bits per heavy atom. The van der Waals surface area contributed by atoms with E-state index in [0.29, 0.717) is 25.0 Å². The van der Waals surface area contributed by atoms with E-state index in [0.717, 1.165) is 59.7 Å². The van der Waals surface area contributed by atoms with Crippen molar-refractivity contribution in [2.45, 2.75) is 85.0 Å². The van der Waals surface area contributed by atoms with Crippen molar-refractivity contribution in [1.29, 1.82) is 0 Å². The zero-order valence-corrected chi connectivity index (χ0v) is 20.5. The van der Waals surface area contributed by atoms with Crippen LogP contribution < -0.4 is 5.56 Å². The third-order valence-corrected chi connectivity index (χ3v) is 6.77. The maximum absolute atomic E-state index is 13.1. The maximum atomic E-state index is 13.1. The molecule has 34 heavy (non-hydrogen) atoms. The van der Waals surface area contributed by atoms with Crippen LogP contribution in [0.25, 0.3) is 10.9 Å². The van der Waals surface area contributed by atoms with Gasteiger partial charge in [0, 0.05) is 29.1 Å².